The van der Waals surface area contributed by atoms with Crippen molar-refractivity contribution < 1.29 is 4.21 Å². The topological polar surface area (TPSA) is 60.1 Å². The molecule has 3 aromatic rings. The van der Waals surface area contributed by atoms with Crippen LogP contribution in [-0.2, 0) is 9.73 Å². The number of benzene rings is 2. The molecule has 2 aromatic carbocycles. The third-order valence-electron chi connectivity index (χ3n) is 3.42. The largest absolute Gasteiger partial charge is 0.261 e. The van der Waals surface area contributed by atoms with Crippen LogP contribution in [0.4, 0.5) is 5.95 Å². The molecule has 1 atom stereocenters. The fraction of sp³-hybridized carbons (Fsp3) is 0.0667. The number of nitrogens with zero attached hydrogens (tertiary/aromatic N) is 4. The highest BCUT2D eigenvalue weighted by Gasteiger charge is 2.28. The van der Waals surface area contributed by atoms with Crippen LogP contribution in [0.2, 0.25) is 5.02 Å². The van der Waals surface area contributed by atoms with E-state index < -0.39 is 9.73 Å². The molecular formula is C15H11ClN4OS. The molecule has 110 valence electrons. The lowest BCUT2D eigenvalue weighted by atomic mass is 10.3. The van der Waals surface area contributed by atoms with Gasteiger partial charge in [0.05, 0.1) is 15.5 Å². The maximum atomic E-state index is 13.6. The van der Waals surface area contributed by atoms with Gasteiger partial charge in [-0.25, -0.2) is 4.21 Å². The molecule has 1 unspecified atom stereocenters. The van der Waals surface area contributed by atoms with Gasteiger partial charge in [0, 0.05) is 5.02 Å². The van der Waals surface area contributed by atoms with Crippen molar-refractivity contribution in [2.24, 2.45) is 4.36 Å². The average molecular weight is 331 g/mol. The van der Waals surface area contributed by atoms with Crippen molar-refractivity contribution in [2.45, 2.75) is 16.7 Å². The van der Waals surface area contributed by atoms with Gasteiger partial charge in [-0.2, -0.15) is 14.0 Å². The van der Waals surface area contributed by atoms with E-state index in [1.165, 1.54) is 0 Å². The Labute approximate surface area is 132 Å². The van der Waals surface area contributed by atoms with E-state index >= 15 is 0 Å². The van der Waals surface area contributed by atoms with E-state index in [-0.39, 0.29) is 0 Å². The van der Waals surface area contributed by atoms with Crippen molar-refractivity contribution in [3.63, 3.8) is 0 Å². The molecule has 0 bridgehead atoms. The second-order valence-electron chi connectivity index (χ2n) is 4.91. The molecule has 1 aliphatic heterocycles. The lowest BCUT2D eigenvalue weighted by molar-refractivity contribution is 0.672. The van der Waals surface area contributed by atoms with Gasteiger partial charge in [-0.15, -0.1) is 5.10 Å². The molecule has 1 aliphatic rings. The smallest absolute Gasteiger partial charge is 0.239 e. The number of aromatic nitrogens is 3. The maximum Gasteiger partial charge on any atom is 0.261 e. The summed E-state index contributed by atoms with van der Waals surface area (Å²) in [5.74, 6) is 0.928. The number of aryl methyl sites for hydroxylation is 1. The van der Waals surface area contributed by atoms with Crippen molar-refractivity contribution in [1.29, 1.82) is 0 Å². The average Bonchev–Trinajstić information content (AvgIpc) is 2.88. The molecule has 0 amide bonds. The lowest BCUT2D eigenvalue weighted by Crippen LogP contribution is -2.13. The van der Waals surface area contributed by atoms with Crippen molar-refractivity contribution in [2.75, 3.05) is 0 Å². The van der Waals surface area contributed by atoms with E-state index in [4.69, 9.17) is 11.6 Å². The zero-order valence-corrected chi connectivity index (χ0v) is 13.2. The second kappa shape index (κ2) is 4.66. The van der Waals surface area contributed by atoms with E-state index in [2.05, 4.69) is 14.4 Å². The van der Waals surface area contributed by atoms with Gasteiger partial charge in [-0.1, -0.05) is 29.8 Å². The quantitative estimate of drug-likeness (QED) is 0.534. The molecule has 0 fully saturated rings. The summed E-state index contributed by atoms with van der Waals surface area (Å²) in [7, 11) is -2.83. The predicted molar refractivity (Wildman–Crippen MR) is 84.3 cm³/mol. The first kappa shape index (κ1) is 13.5. The first-order valence-corrected chi connectivity index (χ1v) is 8.53. The fourth-order valence-electron chi connectivity index (χ4n) is 2.46. The Balaban J connectivity index is 2.15. The van der Waals surface area contributed by atoms with E-state index in [1.54, 1.807) is 41.9 Å². The summed E-state index contributed by atoms with van der Waals surface area (Å²) in [6.07, 6.45) is 0. The number of rotatable bonds is 1. The van der Waals surface area contributed by atoms with Gasteiger partial charge in [0.15, 0.2) is 0 Å². The molecular weight excluding hydrogens is 320 g/mol. The molecule has 0 spiro atoms. The molecule has 4 rings (SSSR count). The van der Waals surface area contributed by atoms with Crippen LogP contribution in [0.1, 0.15) is 5.82 Å². The Hall–Kier alpha value is -2.18. The highest BCUT2D eigenvalue weighted by atomic mass is 35.5. The normalized spacial score (nSPS) is 19.2. The maximum absolute atomic E-state index is 13.6. The minimum atomic E-state index is -2.83. The van der Waals surface area contributed by atoms with Crippen LogP contribution in [0.25, 0.3) is 5.69 Å². The van der Waals surface area contributed by atoms with Crippen molar-refractivity contribution >= 4 is 27.3 Å². The molecule has 5 nitrogen and oxygen atoms in total. The van der Waals surface area contributed by atoms with E-state index in [9.17, 15) is 4.21 Å². The molecule has 0 saturated heterocycles. The number of hydrogen-bond donors (Lipinski definition) is 0. The van der Waals surface area contributed by atoms with Gasteiger partial charge in [-0.05, 0) is 37.3 Å². The minimum absolute atomic E-state index is 0.348. The Bertz CT molecular complexity index is 1000. The monoisotopic (exact) mass is 330 g/mol. The minimum Gasteiger partial charge on any atom is -0.239 e. The first-order chi connectivity index (χ1) is 10.6. The summed E-state index contributed by atoms with van der Waals surface area (Å²) in [4.78, 5) is 5.46. The van der Waals surface area contributed by atoms with Crippen LogP contribution < -0.4 is 0 Å². The summed E-state index contributed by atoms with van der Waals surface area (Å²) in [5.41, 5.74) is 0.698. The van der Waals surface area contributed by atoms with Gasteiger partial charge >= 0.3 is 0 Å². The molecule has 7 heteroatoms. The van der Waals surface area contributed by atoms with Gasteiger partial charge < -0.3 is 0 Å². The van der Waals surface area contributed by atoms with Crippen LogP contribution in [0.15, 0.2) is 62.7 Å². The van der Waals surface area contributed by atoms with E-state index in [0.717, 1.165) is 0 Å². The molecule has 2 heterocycles. The van der Waals surface area contributed by atoms with Crippen LogP contribution in [0.3, 0.4) is 0 Å². The van der Waals surface area contributed by atoms with Gasteiger partial charge in [-0.3, -0.25) is 0 Å². The Kier molecular flexibility index (Phi) is 2.85. The molecule has 0 saturated carbocycles. The Morgan fingerprint density at radius 1 is 1.14 bits per heavy atom. The van der Waals surface area contributed by atoms with Gasteiger partial charge in [0.2, 0.25) is 0 Å². The van der Waals surface area contributed by atoms with Crippen LogP contribution in [-0.4, -0.2) is 19.0 Å². The zero-order valence-electron chi connectivity index (χ0n) is 11.6. The standard InChI is InChI=1S/C15H11ClN4OS/c1-10-17-15-19-22(21,12-5-3-2-4-6-12)14-9-11(16)7-8-13(14)20(15)18-10/h2-9H,1H3. The lowest BCUT2D eigenvalue weighted by Gasteiger charge is -2.19. The summed E-state index contributed by atoms with van der Waals surface area (Å²) >= 11 is 6.11. The van der Waals surface area contributed by atoms with Crippen molar-refractivity contribution in [3.05, 3.63) is 59.4 Å². The van der Waals surface area contributed by atoms with Gasteiger partial charge in [0.25, 0.3) is 5.95 Å². The summed E-state index contributed by atoms with van der Waals surface area (Å²) < 4.78 is 19.7. The van der Waals surface area contributed by atoms with E-state index in [0.29, 0.717) is 32.3 Å². The van der Waals surface area contributed by atoms with Crippen molar-refractivity contribution in [1.82, 2.24) is 14.8 Å². The Morgan fingerprint density at radius 2 is 1.91 bits per heavy atom. The number of fused-ring (bicyclic) bond motifs is 3. The molecule has 0 N–H and O–H groups in total. The highest BCUT2D eigenvalue weighted by molar-refractivity contribution is 7.94. The number of halogens is 1. The first-order valence-electron chi connectivity index (χ1n) is 6.64. The third kappa shape index (κ3) is 1.88. The summed E-state index contributed by atoms with van der Waals surface area (Å²) in [5, 5.41) is 4.84. The van der Waals surface area contributed by atoms with Gasteiger partial charge in [0.1, 0.15) is 15.6 Å². The summed E-state index contributed by atoms with van der Waals surface area (Å²) in [6.45, 7) is 1.78. The van der Waals surface area contributed by atoms with Crippen LogP contribution in [0.5, 0.6) is 0 Å². The second-order valence-corrected chi connectivity index (χ2v) is 7.49. The SMILES string of the molecule is Cc1nc2n(n1)-c1ccc(Cl)cc1S(=O)(c1ccccc1)=N2. The zero-order chi connectivity index (χ0) is 15.3. The van der Waals surface area contributed by atoms with Crippen LogP contribution in [0, 0.1) is 6.92 Å². The molecule has 0 aliphatic carbocycles. The predicted octanol–water partition coefficient (Wildman–Crippen LogP) is 3.76. The third-order valence-corrected chi connectivity index (χ3v) is 5.91. The summed E-state index contributed by atoms with van der Waals surface area (Å²) in [6, 6.07) is 14.4. The van der Waals surface area contributed by atoms with Crippen LogP contribution >= 0.6 is 11.6 Å². The highest BCUT2D eigenvalue weighted by Crippen LogP contribution is 2.37. The fourth-order valence-corrected chi connectivity index (χ4v) is 4.75. The van der Waals surface area contributed by atoms with Crippen molar-refractivity contribution in [3.8, 4) is 5.69 Å². The molecule has 0 radical (unpaired) electrons. The molecule has 22 heavy (non-hydrogen) atoms. The molecule has 1 aromatic heterocycles. The van der Waals surface area contributed by atoms with E-state index in [1.807, 2.05) is 18.2 Å². The Morgan fingerprint density at radius 3 is 2.68 bits per heavy atom. The number of hydrogen-bond acceptors (Lipinski definition) is 4.